The van der Waals surface area contributed by atoms with Gasteiger partial charge in [-0.3, -0.25) is 0 Å². The van der Waals surface area contributed by atoms with E-state index in [1.807, 2.05) is 77.6 Å². The molecule has 0 unspecified atom stereocenters. The predicted molar refractivity (Wildman–Crippen MR) is 78.8 cm³/mol. The molecule has 2 heterocycles. The van der Waals surface area contributed by atoms with Gasteiger partial charge in [-0.25, -0.2) is 4.68 Å². The third kappa shape index (κ3) is 1.80. The van der Waals surface area contributed by atoms with Crippen LogP contribution in [0.3, 0.4) is 0 Å². The fraction of sp³-hybridized carbons (Fsp3) is 0. The van der Waals surface area contributed by atoms with Crippen molar-refractivity contribution in [3.05, 3.63) is 72.9 Å². The number of benzene rings is 2. The first-order valence-corrected chi connectivity index (χ1v) is 6.50. The molecule has 96 valence electrons. The summed E-state index contributed by atoms with van der Waals surface area (Å²) in [5, 5.41) is 5.66. The van der Waals surface area contributed by atoms with E-state index in [4.69, 9.17) is 4.42 Å². The second-order valence-corrected chi connectivity index (χ2v) is 4.63. The molecule has 4 aromatic rings. The summed E-state index contributed by atoms with van der Waals surface area (Å²) in [6, 6.07) is 22.0. The van der Waals surface area contributed by atoms with Gasteiger partial charge in [0.15, 0.2) is 5.76 Å². The zero-order chi connectivity index (χ0) is 13.4. The molecule has 2 aromatic heterocycles. The summed E-state index contributed by atoms with van der Waals surface area (Å²) in [4.78, 5) is 0. The fourth-order valence-electron chi connectivity index (χ4n) is 2.29. The van der Waals surface area contributed by atoms with Gasteiger partial charge in [-0.05, 0) is 30.3 Å². The number of hydrogen-bond acceptors (Lipinski definition) is 2. The highest BCUT2D eigenvalue weighted by molar-refractivity contribution is 5.82. The van der Waals surface area contributed by atoms with Crippen LogP contribution in [0.5, 0.6) is 0 Å². The first-order valence-electron chi connectivity index (χ1n) is 6.50. The minimum absolute atomic E-state index is 0.792. The van der Waals surface area contributed by atoms with Crippen molar-refractivity contribution in [3.63, 3.8) is 0 Å². The van der Waals surface area contributed by atoms with Crippen LogP contribution < -0.4 is 0 Å². The summed E-state index contributed by atoms with van der Waals surface area (Å²) in [6.45, 7) is 0. The third-order valence-corrected chi connectivity index (χ3v) is 3.29. The SMILES string of the molecule is c1ccc(-n2ccc(-c3cc4ccccc4o3)n2)cc1. The van der Waals surface area contributed by atoms with Crippen molar-refractivity contribution in [1.29, 1.82) is 0 Å². The Morgan fingerprint density at radius 2 is 1.65 bits per heavy atom. The first kappa shape index (κ1) is 11.1. The van der Waals surface area contributed by atoms with Crippen LogP contribution in [0.4, 0.5) is 0 Å². The Balaban J connectivity index is 1.78. The Bertz CT molecular complexity index is 826. The minimum Gasteiger partial charge on any atom is -0.454 e. The molecule has 0 amide bonds. The molecule has 0 saturated carbocycles. The molecule has 4 rings (SSSR count). The molecule has 2 aromatic carbocycles. The van der Waals surface area contributed by atoms with Gasteiger partial charge in [0.1, 0.15) is 11.3 Å². The average molecular weight is 260 g/mol. The average Bonchev–Trinajstić information content (AvgIpc) is 3.14. The number of aromatic nitrogens is 2. The number of nitrogens with zero attached hydrogens (tertiary/aromatic N) is 2. The van der Waals surface area contributed by atoms with Crippen molar-refractivity contribution in [2.45, 2.75) is 0 Å². The summed E-state index contributed by atoms with van der Waals surface area (Å²) in [6.07, 6.45) is 1.94. The fourth-order valence-corrected chi connectivity index (χ4v) is 2.29. The maximum atomic E-state index is 5.83. The van der Waals surface area contributed by atoms with Crippen LogP contribution in [-0.2, 0) is 0 Å². The van der Waals surface area contributed by atoms with E-state index in [-0.39, 0.29) is 0 Å². The topological polar surface area (TPSA) is 31.0 Å². The van der Waals surface area contributed by atoms with Crippen LogP contribution in [-0.4, -0.2) is 9.78 Å². The van der Waals surface area contributed by atoms with Crippen molar-refractivity contribution in [2.75, 3.05) is 0 Å². The highest BCUT2D eigenvalue weighted by Gasteiger charge is 2.09. The van der Waals surface area contributed by atoms with E-state index in [0.717, 1.165) is 28.1 Å². The van der Waals surface area contributed by atoms with E-state index in [0.29, 0.717) is 0 Å². The molecule has 0 fully saturated rings. The van der Waals surface area contributed by atoms with Gasteiger partial charge in [0, 0.05) is 11.6 Å². The summed E-state index contributed by atoms with van der Waals surface area (Å²) in [5.41, 5.74) is 2.76. The summed E-state index contributed by atoms with van der Waals surface area (Å²) < 4.78 is 7.68. The lowest BCUT2D eigenvalue weighted by Crippen LogP contribution is -1.93. The minimum atomic E-state index is 0.792. The summed E-state index contributed by atoms with van der Waals surface area (Å²) >= 11 is 0. The number of para-hydroxylation sites is 2. The van der Waals surface area contributed by atoms with E-state index in [1.54, 1.807) is 0 Å². The molecular weight excluding hydrogens is 248 g/mol. The maximum absolute atomic E-state index is 5.83. The van der Waals surface area contributed by atoms with Crippen LogP contribution in [0.15, 0.2) is 77.3 Å². The lowest BCUT2D eigenvalue weighted by molar-refractivity contribution is 0.627. The van der Waals surface area contributed by atoms with E-state index in [1.165, 1.54) is 0 Å². The molecule has 0 atom stereocenters. The van der Waals surface area contributed by atoms with E-state index >= 15 is 0 Å². The molecule has 0 aliphatic rings. The molecule has 3 nitrogen and oxygen atoms in total. The van der Waals surface area contributed by atoms with Crippen molar-refractivity contribution < 1.29 is 4.42 Å². The Hall–Kier alpha value is -2.81. The molecule has 0 spiro atoms. The van der Waals surface area contributed by atoms with Gasteiger partial charge in [-0.2, -0.15) is 5.10 Å². The van der Waals surface area contributed by atoms with Crippen LogP contribution in [0.2, 0.25) is 0 Å². The van der Waals surface area contributed by atoms with Gasteiger partial charge in [0.05, 0.1) is 5.69 Å². The monoisotopic (exact) mass is 260 g/mol. The Labute approximate surface area is 116 Å². The highest BCUT2D eigenvalue weighted by atomic mass is 16.3. The standard InChI is InChI=1S/C17H12N2O/c1-2-7-14(8-3-1)19-11-10-15(18-19)17-12-13-6-4-5-9-16(13)20-17/h1-12H. The predicted octanol–water partition coefficient (Wildman–Crippen LogP) is 4.29. The summed E-state index contributed by atoms with van der Waals surface area (Å²) in [5.74, 6) is 0.792. The molecular formula is C17H12N2O. The van der Waals surface area contributed by atoms with E-state index in [9.17, 15) is 0 Å². The van der Waals surface area contributed by atoms with Gasteiger partial charge in [0.25, 0.3) is 0 Å². The molecule has 20 heavy (non-hydrogen) atoms. The smallest absolute Gasteiger partial charge is 0.155 e. The molecule has 0 aliphatic heterocycles. The Morgan fingerprint density at radius 3 is 2.50 bits per heavy atom. The lowest BCUT2D eigenvalue weighted by atomic mass is 10.2. The van der Waals surface area contributed by atoms with Crippen LogP contribution in [0, 0.1) is 0 Å². The normalized spacial score (nSPS) is 11.0. The lowest BCUT2D eigenvalue weighted by Gasteiger charge is -1.99. The van der Waals surface area contributed by atoms with Crippen LogP contribution >= 0.6 is 0 Å². The van der Waals surface area contributed by atoms with Crippen molar-refractivity contribution in [2.24, 2.45) is 0 Å². The highest BCUT2D eigenvalue weighted by Crippen LogP contribution is 2.26. The zero-order valence-electron chi connectivity index (χ0n) is 10.7. The quantitative estimate of drug-likeness (QED) is 0.538. The first-order chi connectivity index (χ1) is 9.90. The maximum Gasteiger partial charge on any atom is 0.155 e. The zero-order valence-corrected chi connectivity index (χ0v) is 10.7. The number of fused-ring (bicyclic) bond motifs is 1. The molecule has 0 N–H and O–H groups in total. The third-order valence-electron chi connectivity index (χ3n) is 3.29. The van der Waals surface area contributed by atoms with Gasteiger partial charge < -0.3 is 4.42 Å². The van der Waals surface area contributed by atoms with E-state index < -0.39 is 0 Å². The van der Waals surface area contributed by atoms with Gasteiger partial charge in [-0.15, -0.1) is 0 Å². The van der Waals surface area contributed by atoms with Crippen LogP contribution in [0.1, 0.15) is 0 Å². The van der Waals surface area contributed by atoms with Crippen molar-refractivity contribution >= 4 is 11.0 Å². The Kier molecular flexibility index (Phi) is 2.42. The number of hydrogen-bond donors (Lipinski definition) is 0. The Morgan fingerprint density at radius 1 is 0.850 bits per heavy atom. The summed E-state index contributed by atoms with van der Waals surface area (Å²) in [7, 11) is 0. The number of furan rings is 1. The molecule has 0 bridgehead atoms. The molecule has 0 saturated heterocycles. The van der Waals surface area contributed by atoms with Gasteiger partial charge >= 0.3 is 0 Å². The number of rotatable bonds is 2. The van der Waals surface area contributed by atoms with E-state index in [2.05, 4.69) is 5.10 Å². The van der Waals surface area contributed by atoms with Crippen LogP contribution in [0.25, 0.3) is 28.1 Å². The van der Waals surface area contributed by atoms with Crippen molar-refractivity contribution in [3.8, 4) is 17.1 Å². The van der Waals surface area contributed by atoms with Gasteiger partial charge in [0.2, 0.25) is 0 Å². The molecule has 0 radical (unpaired) electrons. The second-order valence-electron chi connectivity index (χ2n) is 4.63. The molecule has 3 heteroatoms. The largest absolute Gasteiger partial charge is 0.454 e. The second kappa shape index (κ2) is 4.38. The van der Waals surface area contributed by atoms with Crippen molar-refractivity contribution in [1.82, 2.24) is 9.78 Å². The molecule has 0 aliphatic carbocycles. The van der Waals surface area contributed by atoms with Gasteiger partial charge in [-0.1, -0.05) is 36.4 Å².